The van der Waals surface area contributed by atoms with Crippen LogP contribution in [0.3, 0.4) is 0 Å². The van der Waals surface area contributed by atoms with Gasteiger partial charge < -0.3 is 4.57 Å². The van der Waals surface area contributed by atoms with Gasteiger partial charge in [-0.2, -0.15) is 5.10 Å². The zero-order chi connectivity index (χ0) is 20.4. The van der Waals surface area contributed by atoms with Crippen molar-refractivity contribution < 1.29 is 9.72 Å². The van der Waals surface area contributed by atoms with Crippen molar-refractivity contribution in [2.45, 2.75) is 34.2 Å². The molecule has 1 amide bonds. The molecule has 0 aliphatic heterocycles. The normalized spacial score (nSPS) is 11.6. The van der Waals surface area contributed by atoms with Gasteiger partial charge >= 0.3 is 0 Å². The van der Waals surface area contributed by atoms with Crippen molar-refractivity contribution in [2.24, 2.45) is 5.10 Å². The Balaban J connectivity index is 1.82. The van der Waals surface area contributed by atoms with E-state index in [1.165, 1.54) is 6.07 Å². The Bertz CT molecular complexity index is 1110. The molecule has 1 N–H and O–H groups in total. The zero-order valence-electron chi connectivity index (χ0n) is 16.2. The molecule has 3 rings (SSSR count). The molecule has 0 saturated heterocycles. The summed E-state index contributed by atoms with van der Waals surface area (Å²) in [5, 5.41) is 15.2. The van der Waals surface area contributed by atoms with Crippen LogP contribution in [0.15, 0.2) is 41.5 Å². The number of hydrogen-bond donors (Lipinski definition) is 1. The molecular formula is C20H21N5O3. The number of amides is 1. The van der Waals surface area contributed by atoms with Gasteiger partial charge in [-0.3, -0.25) is 14.9 Å². The Hall–Kier alpha value is -3.55. The number of aryl methyl sites for hydroxylation is 3. The van der Waals surface area contributed by atoms with E-state index in [1.807, 2.05) is 19.9 Å². The Morgan fingerprint density at radius 1 is 1.21 bits per heavy atom. The van der Waals surface area contributed by atoms with Gasteiger partial charge in [0.2, 0.25) is 0 Å². The van der Waals surface area contributed by atoms with E-state index in [2.05, 4.69) is 20.1 Å². The molecule has 0 fully saturated rings. The highest BCUT2D eigenvalue weighted by Crippen LogP contribution is 2.20. The van der Waals surface area contributed by atoms with E-state index < -0.39 is 4.92 Å². The van der Waals surface area contributed by atoms with Gasteiger partial charge in [0.15, 0.2) is 0 Å². The average Bonchev–Trinajstić information content (AvgIpc) is 2.99. The fourth-order valence-electron chi connectivity index (χ4n) is 3.09. The lowest BCUT2D eigenvalue weighted by Crippen LogP contribution is -2.19. The molecule has 3 aromatic rings. The maximum Gasteiger partial charge on any atom is 0.272 e. The first kappa shape index (κ1) is 19.2. The van der Waals surface area contributed by atoms with Crippen LogP contribution < -0.4 is 5.43 Å². The van der Waals surface area contributed by atoms with E-state index in [0.717, 1.165) is 23.4 Å². The van der Waals surface area contributed by atoms with Crippen LogP contribution in [0, 0.1) is 24.0 Å². The third kappa shape index (κ3) is 3.62. The molecule has 8 nitrogen and oxygen atoms in total. The van der Waals surface area contributed by atoms with Gasteiger partial charge in [-0.25, -0.2) is 10.4 Å². The van der Waals surface area contributed by atoms with Crippen LogP contribution in [0.25, 0.3) is 11.0 Å². The molecule has 0 aliphatic carbocycles. The van der Waals surface area contributed by atoms with Crippen LogP contribution in [-0.4, -0.2) is 26.1 Å². The van der Waals surface area contributed by atoms with Gasteiger partial charge in [-0.1, -0.05) is 12.1 Å². The van der Waals surface area contributed by atoms with Crippen molar-refractivity contribution in [1.82, 2.24) is 15.0 Å². The van der Waals surface area contributed by atoms with Crippen LogP contribution in [-0.2, 0) is 6.54 Å². The largest absolute Gasteiger partial charge is 0.329 e. The first-order chi connectivity index (χ1) is 13.3. The van der Waals surface area contributed by atoms with E-state index >= 15 is 0 Å². The standard InChI is InChI=1S/C20H21N5O3/c1-5-24-14(4)21-17-10-16(8-9-18(17)24)20(26)23-22-13(3)15-7-6-12(2)19(11-15)25(27)28/h6-11H,5H2,1-4H3,(H,23,26)/b22-13-. The molecule has 0 radical (unpaired) electrons. The van der Waals surface area contributed by atoms with E-state index in [1.54, 1.807) is 38.1 Å². The van der Waals surface area contributed by atoms with Crippen LogP contribution in [0.2, 0.25) is 0 Å². The van der Waals surface area contributed by atoms with Gasteiger partial charge in [-0.15, -0.1) is 0 Å². The van der Waals surface area contributed by atoms with Crippen LogP contribution in [0.4, 0.5) is 5.69 Å². The molecule has 0 saturated carbocycles. The van der Waals surface area contributed by atoms with Gasteiger partial charge in [-0.05, 0) is 45.9 Å². The number of rotatable bonds is 5. The summed E-state index contributed by atoms with van der Waals surface area (Å²) >= 11 is 0. The number of nitro groups is 1. The molecule has 8 heteroatoms. The van der Waals surface area contributed by atoms with Crippen molar-refractivity contribution >= 4 is 28.3 Å². The van der Waals surface area contributed by atoms with Gasteiger partial charge in [0.05, 0.1) is 21.7 Å². The number of hydrazone groups is 1. The molecule has 2 aromatic carbocycles. The van der Waals surface area contributed by atoms with Crippen molar-refractivity contribution in [3.05, 3.63) is 69.0 Å². The minimum Gasteiger partial charge on any atom is -0.329 e. The zero-order valence-corrected chi connectivity index (χ0v) is 16.2. The molecule has 28 heavy (non-hydrogen) atoms. The van der Waals surface area contributed by atoms with Gasteiger partial charge in [0, 0.05) is 29.3 Å². The van der Waals surface area contributed by atoms with Crippen molar-refractivity contribution in [3.63, 3.8) is 0 Å². The number of nitrogens with one attached hydrogen (secondary N) is 1. The molecule has 0 spiro atoms. The van der Waals surface area contributed by atoms with E-state index in [9.17, 15) is 14.9 Å². The quantitative estimate of drug-likeness (QED) is 0.414. The van der Waals surface area contributed by atoms with E-state index in [4.69, 9.17) is 0 Å². The Kier molecular flexibility index (Phi) is 5.21. The summed E-state index contributed by atoms with van der Waals surface area (Å²) in [7, 11) is 0. The lowest BCUT2D eigenvalue weighted by Gasteiger charge is -2.05. The third-order valence-corrected chi connectivity index (χ3v) is 4.67. The minimum atomic E-state index is -0.433. The maximum atomic E-state index is 12.5. The predicted molar refractivity (Wildman–Crippen MR) is 108 cm³/mol. The smallest absolute Gasteiger partial charge is 0.272 e. The number of benzene rings is 2. The number of carbonyl (C=O) groups is 1. The number of fused-ring (bicyclic) bond motifs is 1. The molecule has 144 valence electrons. The third-order valence-electron chi connectivity index (χ3n) is 4.67. The van der Waals surface area contributed by atoms with Gasteiger partial charge in [0.25, 0.3) is 11.6 Å². The number of carbonyl (C=O) groups excluding carboxylic acids is 1. The number of hydrogen-bond acceptors (Lipinski definition) is 5. The van der Waals surface area contributed by atoms with Crippen LogP contribution >= 0.6 is 0 Å². The summed E-state index contributed by atoms with van der Waals surface area (Å²) in [6.45, 7) is 8.14. The molecule has 0 bridgehead atoms. The van der Waals surface area contributed by atoms with E-state index in [0.29, 0.717) is 22.4 Å². The Morgan fingerprint density at radius 3 is 2.61 bits per heavy atom. The van der Waals surface area contributed by atoms with Crippen molar-refractivity contribution in [1.29, 1.82) is 0 Å². The second-order valence-corrected chi connectivity index (χ2v) is 6.50. The minimum absolute atomic E-state index is 0.0192. The summed E-state index contributed by atoms with van der Waals surface area (Å²) in [6, 6.07) is 10.2. The molecule has 0 atom stereocenters. The van der Waals surface area contributed by atoms with Crippen molar-refractivity contribution in [2.75, 3.05) is 0 Å². The molecule has 0 unspecified atom stereocenters. The summed E-state index contributed by atoms with van der Waals surface area (Å²) in [4.78, 5) is 27.6. The molecule has 1 aromatic heterocycles. The monoisotopic (exact) mass is 379 g/mol. The Morgan fingerprint density at radius 2 is 1.93 bits per heavy atom. The lowest BCUT2D eigenvalue weighted by molar-refractivity contribution is -0.385. The topological polar surface area (TPSA) is 102 Å². The number of nitrogens with zero attached hydrogens (tertiary/aromatic N) is 4. The fourth-order valence-corrected chi connectivity index (χ4v) is 3.09. The second kappa shape index (κ2) is 7.59. The van der Waals surface area contributed by atoms with Crippen LogP contribution in [0.5, 0.6) is 0 Å². The average molecular weight is 379 g/mol. The number of imidazole rings is 1. The maximum absolute atomic E-state index is 12.5. The SMILES string of the molecule is CCn1c(C)nc2cc(C(=O)N/N=C(/C)c3ccc(C)c([N+](=O)[O-])c3)ccc21. The summed E-state index contributed by atoms with van der Waals surface area (Å²) in [6.07, 6.45) is 0. The summed E-state index contributed by atoms with van der Waals surface area (Å²) in [5.41, 5.74) is 6.32. The van der Waals surface area contributed by atoms with Gasteiger partial charge in [0.1, 0.15) is 5.82 Å². The number of aromatic nitrogens is 2. The van der Waals surface area contributed by atoms with Crippen molar-refractivity contribution in [3.8, 4) is 0 Å². The molecular weight excluding hydrogens is 358 g/mol. The Labute approximate surface area is 162 Å². The highest BCUT2D eigenvalue weighted by Gasteiger charge is 2.13. The van der Waals surface area contributed by atoms with Crippen LogP contribution in [0.1, 0.15) is 41.2 Å². The highest BCUT2D eigenvalue weighted by molar-refractivity contribution is 6.02. The second-order valence-electron chi connectivity index (χ2n) is 6.50. The summed E-state index contributed by atoms with van der Waals surface area (Å²) in [5.74, 6) is 0.524. The number of nitro benzene ring substituents is 1. The molecule has 0 aliphatic rings. The summed E-state index contributed by atoms with van der Waals surface area (Å²) < 4.78 is 2.07. The first-order valence-corrected chi connectivity index (χ1v) is 8.88. The van der Waals surface area contributed by atoms with E-state index in [-0.39, 0.29) is 11.6 Å². The highest BCUT2D eigenvalue weighted by atomic mass is 16.6. The molecule has 1 heterocycles. The predicted octanol–water partition coefficient (Wildman–Crippen LogP) is 3.74. The lowest BCUT2D eigenvalue weighted by atomic mass is 10.1. The first-order valence-electron chi connectivity index (χ1n) is 8.88. The fraction of sp³-hybridized carbons (Fsp3) is 0.250.